The first-order valence-electron chi connectivity index (χ1n) is 7.00. The first kappa shape index (κ1) is 14.5. The second-order valence-corrected chi connectivity index (χ2v) is 5.00. The molecule has 0 bridgehead atoms. The van der Waals surface area contributed by atoms with Gasteiger partial charge in [0.1, 0.15) is 18.2 Å². The smallest absolute Gasteiger partial charge is 0.178 e. The van der Waals surface area contributed by atoms with Crippen molar-refractivity contribution in [3.8, 4) is 0 Å². The number of hydrogen-bond donors (Lipinski definition) is 3. The number of halogens is 1. The topological polar surface area (TPSA) is 77.6 Å². The van der Waals surface area contributed by atoms with Gasteiger partial charge in [-0.05, 0) is 29.7 Å². The van der Waals surface area contributed by atoms with Gasteiger partial charge in [0.05, 0.1) is 0 Å². The summed E-state index contributed by atoms with van der Waals surface area (Å²) in [5.41, 5.74) is 2.50. The van der Waals surface area contributed by atoms with E-state index in [-0.39, 0.29) is 5.82 Å². The van der Waals surface area contributed by atoms with Crippen molar-refractivity contribution >= 4 is 0 Å². The first-order chi connectivity index (χ1) is 10.7. The minimum absolute atomic E-state index is 0.213. The molecule has 0 aliphatic heterocycles. The zero-order valence-electron chi connectivity index (χ0n) is 11.8. The van der Waals surface area contributed by atoms with E-state index in [2.05, 4.69) is 20.2 Å². The van der Waals surface area contributed by atoms with Crippen LogP contribution in [0.25, 0.3) is 0 Å². The Morgan fingerprint density at radius 3 is 2.86 bits per heavy atom. The summed E-state index contributed by atoms with van der Waals surface area (Å²) in [6, 6.07) is 8.64. The third-order valence-electron chi connectivity index (χ3n) is 3.48. The maximum absolute atomic E-state index is 13.7. The largest absolute Gasteiger partial charge is 0.385 e. The monoisotopic (exact) mass is 299 g/mol. The van der Waals surface area contributed by atoms with Gasteiger partial charge in [0.25, 0.3) is 0 Å². The Hall–Kier alpha value is -2.47. The lowest BCUT2D eigenvalue weighted by molar-refractivity contribution is 0.168. The molecule has 1 atom stereocenters. The molecule has 1 aromatic carbocycles. The number of benzene rings is 1. The molecule has 3 rings (SSSR count). The van der Waals surface area contributed by atoms with Gasteiger partial charge in [-0.25, -0.2) is 9.37 Å². The Morgan fingerprint density at radius 1 is 1.23 bits per heavy atom. The first-order valence-corrected chi connectivity index (χ1v) is 7.00. The average Bonchev–Trinajstić information content (AvgIpc) is 3.19. The molecular formula is C16H16FN4O. The van der Waals surface area contributed by atoms with Crippen molar-refractivity contribution in [2.45, 2.75) is 18.9 Å². The zero-order chi connectivity index (χ0) is 15.4. The zero-order valence-corrected chi connectivity index (χ0v) is 11.8. The van der Waals surface area contributed by atoms with Crippen LogP contribution in [0.4, 0.5) is 4.39 Å². The van der Waals surface area contributed by atoms with Gasteiger partial charge < -0.3 is 10.1 Å². The molecule has 0 aliphatic rings. The van der Waals surface area contributed by atoms with Crippen LogP contribution in [-0.4, -0.2) is 25.3 Å². The van der Waals surface area contributed by atoms with Crippen LogP contribution in [0.5, 0.6) is 0 Å². The van der Waals surface area contributed by atoms with E-state index >= 15 is 0 Å². The molecule has 2 aromatic heterocycles. The molecule has 0 saturated heterocycles. The van der Waals surface area contributed by atoms with E-state index in [0.717, 1.165) is 11.3 Å². The number of nitrogens with zero attached hydrogens (tertiary/aromatic N) is 2. The third kappa shape index (κ3) is 3.23. The molecular weight excluding hydrogens is 283 g/mol. The van der Waals surface area contributed by atoms with Crippen molar-refractivity contribution in [2.24, 2.45) is 0 Å². The molecule has 3 N–H and O–H groups in total. The fraction of sp³-hybridized carbons (Fsp3) is 0.188. The van der Waals surface area contributed by atoms with E-state index in [1.54, 1.807) is 18.3 Å². The average molecular weight is 299 g/mol. The van der Waals surface area contributed by atoms with Gasteiger partial charge >= 0.3 is 0 Å². The number of hydrogen-bond acceptors (Lipinski definition) is 3. The summed E-state index contributed by atoms with van der Waals surface area (Å²) in [4.78, 5) is 7.03. The SMILES string of the molecule is OC(C[CH]c1[nH]ccc1Cc1ccccc1F)c1nc[nH]n1. The van der Waals surface area contributed by atoms with Gasteiger partial charge in [0.2, 0.25) is 0 Å². The van der Waals surface area contributed by atoms with Gasteiger partial charge in [-0.3, -0.25) is 5.10 Å². The fourth-order valence-corrected chi connectivity index (χ4v) is 2.32. The van der Waals surface area contributed by atoms with Crippen LogP contribution in [0.3, 0.4) is 0 Å². The van der Waals surface area contributed by atoms with Gasteiger partial charge in [-0.2, -0.15) is 5.10 Å². The van der Waals surface area contributed by atoms with Crippen molar-refractivity contribution in [1.29, 1.82) is 0 Å². The maximum Gasteiger partial charge on any atom is 0.178 e. The lowest BCUT2D eigenvalue weighted by Crippen LogP contribution is -2.02. The predicted octanol–water partition coefficient (Wildman–Crippen LogP) is 2.54. The van der Waals surface area contributed by atoms with Crippen LogP contribution in [0, 0.1) is 12.2 Å². The third-order valence-corrected chi connectivity index (χ3v) is 3.48. The number of H-pyrrole nitrogens is 2. The van der Waals surface area contributed by atoms with Gasteiger partial charge in [0.15, 0.2) is 5.82 Å². The van der Waals surface area contributed by atoms with Crippen LogP contribution in [0.15, 0.2) is 42.9 Å². The summed E-state index contributed by atoms with van der Waals surface area (Å²) in [7, 11) is 0. The standard InChI is InChI=1S/C16H16FN4O/c17-13-4-2-1-3-11(13)9-12-7-8-18-14(12)5-6-15(22)16-19-10-20-21-16/h1-5,7-8,10,15,18,22H,6,9H2,(H,19,20,21). The lowest BCUT2D eigenvalue weighted by Gasteiger charge is -2.08. The number of aliphatic hydroxyl groups is 1. The van der Waals surface area contributed by atoms with Crippen molar-refractivity contribution < 1.29 is 9.50 Å². The number of rotatable bonds is 6. The molecule has 22 heavy (non-hydrogen) atoms. The Bertz CT molecular complexity index is 723. The summed E-state index contributed by atoms with van der Waals surface area (Å²) in [5, 5.41) is 16.4. The second kappa shape index (κ2) is 6.53. The van der Waals surface area contributed by atoms with Gasteiger partial charge in [-0.15, -0.1) is 0 Å². The summed E-state index contributed by atoms with van der Waals surface area (Å²) in [6.07, 6.45) is 5.22. The van der Waals surface area contributed by atoms with E-state index in [1.165, 1.54) is 12.4 Å². The molecule has 1 unspecified atom stereocenters. The highest BCUT2D eigenvalue weighted by molar-refractivity contribution is 5.33. The van der Waals surface area contributed by atoms with E-state index in [4.69, 9.17) is 0 Å². The second-order valence-electron chi connectivity index (χ2n) is 5.00. The lowest BCUT2D eigenvalue weighted by atomic mass is 10.0. The number of aromatic amines is 2. The molecule has 0 aliphatic carbocycles. The van der Waals surface area contributed by atoms with Crippen LogP contribution in [0.1, 0.15) is 35.2 Å². The molecule has 113 valence electrons. The normalized spacial score (nSPS) is 12.5. The molecule has 0 fully saturated rings. The van der Waals surface area contributed by atoms with Crippen LogP contribution in [0.2, 0.25) is 0 Å². The Kier molecular flexibility index (Phi) is 4.29. The minimum Gasteiger partial charge on any atom is -0.385 e. The molecule has 3 aromatic rings. The van der Waals surface area contributed by atoms with E-state index in [1.807, 2.05) is 18.6 Å². The van der Waals surface area contributed by atoms with E-state index in [0.29, 0.717) is 24.2 Å². The molecule has 6 heteroatoms. The maximum atomic E-state index is 13.7. The van der Waals surface area contributed by atoms with E-state index < -0.39 is 6.10 Å². The van der Waals surface area contributed by atoms with Crippen molar-refractivity contribution in [2.75, 3.05) is 0 Å². The van der Waals surface area contributed by atoms with Crippen molar-refractivity contribution in [3.63, 3.8) is 0 Å². The molecule has 1 radical (unpaired) electrons. The number of aliphatic hydroxyl groups excluding tert-OH is 1. The summed E-state index contributed by atoms with van der Waals surface area (Å²) in [5.74, 6) is 0.147. The highest BCUT2D eigenvalue weighted by Gasteiger charge is 2.14. The van der Waals surface area contributed by atoms with Gasteiger partial charge in [0, 0.05) is 24.7 Å². The quantitative estimate of drug-likeness (QED) is 0.654. The molecule has 0 amide bonds. The highest BCUT2D eigenvalue weighted by Crippen LogP contribution is 2.21. The van der Waals surface area contributed by atoms with Crippen molar-refractivity contribution in [1.82, 2.24) is 20.2 Å². The van der Waals surface area contributed by atoms with Crippen LogP contribution >= 0.6 is 0 Å². The summed E-state index contributed by atoms with van der Waals surface area (Å²) < 4.78 is 13.7. The van der Waals surface area contributed by atoms with Crippen LogP contribution < -0.4 is 0 Å². The minimum atomic E-state index is -0.768. The van der Waals surface area contributed by atoms with E-state index in [9.17, 15) is 9.50 Å². The number of aromatic nitrogens is 4. The molecule has 0 spiro atoms. The summed E-state index contributed by atoms with van der Waals surface area (Å²) >= 11 is 0. The Balaban J connectivity index is 1.66. The Morgan fingerprint density at radius 2 is 2.09 bits per heavy atom. The van der Waals surface area contributed by atoms with Crippen molar-refractivity contribution in [3.05, 3.63) is 77.7 Å². The predicted molar refractivity (Wildman–Crippen MR) is 79.4 cm³/mol. The van der Waals surface area contributed by atoms with Gasteiger partial charge in [-0.1, -0.05) is 18.2 Å². The number of nitrogens with one attached hydrogen (secondary N) is 2. The molecule has 5 nitrogen and oxygen atoms in total. The highest BCUT2D eigenvalue weighted by atomic mass is 19.1. The Labute approximate surface area is 127 Å². The fourth-order valence-electron chi connectivity index (χ4n) is 2.32. The van der Waals surface area contributed by atoms with Crippen LogP contribution in [-0.2, 0) is 6.42 Å². The molecule has 2 heterocycles. The summed E-state index contributed by atoms with van der Waals surface area (Å²) in [6.45, 7) is 0. The molecule has 0 saturated carbocycles.